The molecule has 0 bridgehead atoms. The molecule has 0 spiro atoms. The van der Waals surface area contributed by atoms with Gasteiger partial charge in [0, 0.05) is 26.8 Å². The van der Waals surface area contributed by atoms with Crippen molar-refractivity contribution in [3.63, 3.8) is 0 Å². The van der Waals surface area contributed by atoms with E-state index >= 15 is 0 Å². The molecular formula is C8H17NO5S. The van der Waals surface area contributed by atoms with E-state index in [9.17, 15) is 18.6 Å². The van der Waals surface area contributed by atoms with Crippen molar-refractivity contribution < 1.29 is 23.4 Å². The molecule has 1 aliphatic rings. The van der Waals surface area contributed by atoms with Gasteiger partial charge in [0.15, 0.2) is 0 Å². The zero-order valence-corrected chi connectivity index (χ0v) is 9.48. The Morgan fingerprint density at radius 2 is 1.87 bits per heavy atom. The molecule has 0 aromatic rings. The molecule has 0 radical (unpaired) electrons. The van der Waals surface area contributed by atoms with E-state index in [1.165, 1.54) is 7.11 Å². The summed E-state index contributed by atoms with van der Waals surface area (Å²) in [5.41, 5.74) is 0. The van der Waals surface area contributed by atoms with Gasteiger partial charge in [-0.3, -0.25) is 0 Å². The smallest absolute Gasteiger partial charge is 0.214 e. The number of aliphatic hydroxyl groups excluding tert-OH is 2. The summed E-state index contributed by atoms with van der Waals surface area (Å²) in [5, 5.41) is 18.4. The maximum absolute atomic E-state index is 11.6. The van der Waals surface area contributed by atoms with Crippen LogP contribution in [0, 0.1) is 0 Å². The first-order chi connectivity index (χ1) is 6.97. The molecule has 2 atom stereocenters. The number of ether oxygens (including phenoxy) is 1. The van der Waals surface area contributed by atoms with Crippen molar-refractivity contribution in [1.29, 1.82) is 0 Å². The van der Waals surface area contributed by atoms with Crippen LogP contribution in [0.5, 0.6) is 0 Å². The molecule has 1 fully saturated rings. The number of hydrogen-bond acceptors (Lipinski definition) is 5. The van der Waals surface area contributed by atoms with E-state index in [0.29, 0.717) is 13.0 Å². The van der Waals surface area contributed by atoms with Crippen LogP contribution in [0.1, 0.15) is 6.42 Å². The fourth-order valence-electron chi connectivity index (χ4n) is 1.48. The van der Waals surface area contributed by atoms with Gasteiger partial charge in [-0.25, -0.2) is 8.42 Å². The maximum atomic E-state index is 11.6. The van der Waals surface area contributed by atoms with Crippen LogP contribution in [0.3, 0.4) is 0 Å². The van der Waals surface area contributed by atoms with Crippen LogP contribution in [-0.4, -0.2) is 67.7 Å². The SMILES string of the molecule is COCCCS(=O)(=O)N1C[C@@H](O)[C@@H](O)C1. The second kappa shape index (κ2) is 5.22. The van der Waals surface area contributed by atoms with Gasteiger partial charge in [-0.1, -0.05) is 0 Å². The van der Waals surface area contributed by atoms with E-state index in [1.54, 1.807) is 0 Å². The Bertz CT molecular complexity index is 281. The molecule has 0 aromatic heterocycles. The fourth-order valence-corrected chi connectivity index (χ4v) is 2.98. The van der Waals surface area contributed by atoms with Crippen molar-refractivity contribution in [2.45, 2.75) is 18.6 Å². The van der Waals surface area contributed by atoms with Gasteiger partial charge >= 0.3 is 0 Å². The largest absolute Gasteiger partial charge is 0.389 e. The third-order valence-electron chi connectivity index (χ3n) is 2.37. The summed E-state index contributed by atoms with van der Waals surface area (Å²) in [6.07, 6.45) is -1.52. The third kappa shape index (κ3) is 3.39. The molecule has 0 amide bonds. The minimum Gasteiger partial charge on any atom is -0.389 e. The Hall–Kier alpha value is -0.210. The highest BCUT2D eigenvalue weighted by Crippen LogP contribution is 2.15. The summed E-state index contributed by atoms with van der Waals surface area (Å²) in [5.74, 6) is -0.0136. The molecule has 15 heavy (non-hydrogen) atoms. The minimum absolute atomic E-state index is 0.0136. The molecule has 6 nitrogen and oxygen atoms in total. The second-order valence-electron chi connectivity index (χ2n) is 3.61. The molecular weight excluding hydrogens is 222 g/mol. The topological polar surface area (TPSA) is 87.1 Å². The van der Waals surface area contributed by atoms with Gasteiger partial charge in [-0.2, -0.15) is 4.31 Å². The number of sulfonamides is 1. The molecule has 1 saturated heterocycles. The molecule has 0 aromatic carbocycles. The number of nitrogens with zero attached hydrogens (tertiary/aromatic N) is 1. The van der Waals surface area contributed by atoms with Gasteiger partial charge in [0.1, 0.15) is 0 Å². The van der Waals surface area contributed by atoms with Gasteiger partial charge in [-0.05, 0) is 6.42 Å². The first-order valence-electron chi connectivity index (χ1n) is 4.80. The molecule has 90 valence electrons. The lowest BCUT2D eigenvalue weighted by molar-refractivity contribution is 0.0572. The zero-order valence-electron chi connectivity index (χ0n) is 8.66. The summed E-state index contributed by atoms with van der Waals surface area (Å²) in [6.45, 7) is 0.352. The summed E-state index contributed by atoms with van der Waals surface area (Å²) in [7, 11) is -1.85. The molecule has 7 heteroatoms. The van der Waals surface area contributed by atoms with Crippen LogP contribution in [0.25, 0.3) is 0 Å². The molecule has 1 aliphatic heterocycles. The lowest BCUT2D eigenvalue weighted by atomic mass is 10.3. The highest BCUT2D eigenvalue weighted by molar-refractivity contribution is 7.89. The maximum Gasteiger partial charge on any atom is 0.214 e. The fraction of sp³-hybridized carbons (Fsp3) is 1.00. The van der Waals surface area contributed by atoms with Crippen LogP contribution < -0.4 is 0 Å². The van der Waals surface area contributed by atoms with Crippen molar-refractivity contribution in [2.75, 3.05) is 32.6 Å². The van der Waals surface area contributed by atoms with Crippen LogP contribution in [0.15, 0.2) is 0 Å². The lowest BCUT2D eigenvalue weighted by Gasteiger charge is -2.14. The molecule has 1 rings (SSSR count). The van der Waals surface area contributed by atoms with Crippen molar-refractivity contribution in [1.82, 2.24) is 4.31 Å². The van der Waals surface area contributed by atoms with Gasteiger partial charge in [-0.15, -0.1) is 0 Å². The molecule has 0 saturated carbocycles. The van der Waals surface area contributed by atoms with Crippen LogP contribution in [-0.2, 0) is 14.8 Å². The molecule has 0 unspecified atom stereocenters. The third-order valence-corrected chi connectivity index (χ3v) is 4.26. The summed E-state index contributed by atoms with van der Waals surface area (Å²) in [6, 6.07) is 0. The van der Waals surface area contributed by atoms with Crippen LogP contribution in [0.2, 0.25) is 0 Å². The highest BCUT2D eigenvalue weighted by Gasteiger charge is 2.36. The number of hydrogen-bond donors (Lipinski definition) is 2. The Morgan fingerprint density at radius 1 is 1.33 bits per heavy atom. The Kier molecular flexibility index (Phi) is 4.47. The number of β-amino-alcohol motifs (C(OH)–C–C–N with tert-alkyl or cyclic N) is 2. The molecule has 0 aliphatic carbocycles. The van der Waals surface area contributed by atoms with Crippen LogP contribution in [0.4, 0.5) is 0 Å². The second-order valence-corrected chi connectivity index (χ2v) is 5.70. The van der Waals surface area contributed by atoms with Gasteiger partial charge in [0.05, 0.1) is 18.0 Å². The first-order valence-corrected chi connectivity index (χ1v) is 6.41. The lowest BCUT2D eigenvalue weighted by Crippen LogP contribution is -2.32. The van der Waals surface area contributed by atoms with Crippen molar-refractivity contribution in [3.8, 4) is 0 Å². The number of rotatable bonds is 5. The van der Waals surface area contributed by atoms with Crippen molar-refractivity contribution >= 4 is 10.0 Å². The quantitative estimate of drug-likeness (QED) is 0.564. The average Bonchev–Trinajstić information content (AvgIpc) is 2.48. The van der Waals surface area contributed by atoms with E-state index < -0.39 is 22.2 Å². The predicted molar refractivity (Wildman–Crippen MR) is 53.9 cm³/mol. The molecule has 1 heterocycles. The van der Waals surface area contributed by atoms with Gasteiger partial charge in [0.25, 0.3) is 0 Å². The Labute approximate surface area is 89.5 Å². The van der Waals surface area contributed by atoms with E-state index in [1.807, 2.05) is 0 Å². The normalized spacial score (nSPS) is 28.5. The van der Waals surface area contributed by atoms with E-state index in [2.05, 4.69) is 0 Å². The monoisotopic (exact) mass is 239 g/mol. The number of methoxy groups -OCH3 is 1. The van der Waals surface area contributed by atoms with Gasteiger partial charge in [0.2, 0.25) is 10.0 Å². The average molecular weight is 239 g/mol. The van der Waals surface area contributed by atoms with E-state index in [-0.39, 0.29) is 18.8 Å². The number of aliphatic hydroxyl groups is 2. The highest BCUT2D eigenvalue weighted by atomic mass is 32.2. The van der Waals surface area contributed by atoms with Gasteiger partial charge < -0.3 is 14.9 Å². The van der Waals surface area contributed by atoms with Crippen LogP contribution >= 0.6 is 0 Å². The van der Waals surface area contributed by atoms with Crippen molar-refractivity contribution in [3.05, 3.63) is 0 Å². The van der Waals surface area contributed by atoms with E-state index in [0.717, 1.165) is 4.31 Å². The summed E-state index contributed by atoms with van der Waals surface area (Å²) >= 11 is 0. The zero-order chi connectivity index (χ0) is 11.5. The minimum atomic E-state index is -3.36. The Balaban J connectivity index is 2.48. The standard InChI is InChI=1S/C8H17NO5S/c1-14-3-2-4-15(12,13)9-5-7(10)8(11)6-9/h7-8,10-11H,2-6H2,1H3/t7-,8+. The predicted octanol–water partition coefficient (Wildman–Crippen LogP) is -1.61. The van der Waals surface area contributed by atoms with Crippen molar-refractivity contribution in [2.24, 2.45) is 0 Å². The summed E-state index contributed by atoms with van der Waals surface area (Å²) in [4.78, 5) is 0. The molecule has 2 N–H and O–H groups in total. The van der Waals surface area contributed by atoms with E-state index in [4.69, 9.17) is 4.74 Å². The first kappa shape index (κ1) is 12.9. The Morgan fingerprint density at radius 3 is 2.33 bits per heavy atom. The summed E-state index contributed by atoms with van der Waals surface area (Å²) < 4.78 is 29.2.